The fourth-order valence-electron chi connectivity index (χ4n) is 5.02. The van der Waals surface area contributed by atoms with Crippen LogP contribution >= 0.6 is 11.6 Å². The molecule has 0 bridgehead atoms. The Morgan fingerprint density at radius 3 is 2.07 bits per heavy atom. The largest absolute Gasteiger partial charge is 0.474 e. The van der Waals surface area contributed by atoms with E-state index in [0.717, 1.165) is 0 Å². The van der Waals surface area contributed by atoms with Gasteiger partial charge in [-0.2, -0.15) is 0 Å². The topological polar surface area (TPSA) is 60.4 Å². The minimum atomic E-state index is -1.67. The summed E-state index contributed by atoms with van der Waals surface area (Å²) in [6.45, 7) is 7.83. The normalized spacial score (nSPS) is 27.8. The molecular formula is C23H25ClO4. The van der Waals surface area contributed by atoms with Crippen LogP contribution < -0.4 is 0 Å². The number of halogens is 1. The summed E-state index contributed by atoms with van der Waals surface area (Å²) in [6.07, 6.45) is 1.36. The van der Waals surface area contributed by atoms with Crippen molar-refractivity contribution in [3.8, 4) is 0 Å². The molecule has 1 unspecified atom stereocenters. The van der Waals surface area contributed by atoms with E-state index in [1.807, 2.05) is 33.8 Å². The first-order valence-corrected chi connectivity index (χ1v) is 10.1. The molecule has 1 spiro atoms. The van der Waals surface area contributed by atoms with Crippen LogP contribution in [-0.4, -0.2) is 23.0 Å². The molecule has 1 heterocycles. The van der Waals surface area contributed by atoms with Gasteiger partial charge in [-0.3, -0.25) is 14.4 Å². The molecule has 1 aliphatic heterocycles. The van der Waals surface area contributed by atoms with Crippen LogP contribution in [0.3, 0.4) is 0 Å². The number of Topliss-reactive ketones (excluding diaryl/α,β-unsaturated/α-hetero) is 3. The lowest BCUT2D eigenvalue weighted by atomic mass is 9.61. The standard InChI is InChI=1S/C23H25ClO4/c1-21(2)9-15(25)19-16(10-21)28-23(17(26)11-22(3,4)12-18(23)27)20(19)13-7-5-6-8-14(13)24/h5-8,20H,9-12H2,1-4H3. The van der Waals surface area contributed by atoms with Gasteiger partial charge >= 0.3 is 0 Å². The highest BCUT2D eigenvalue weighted by Gasteiger charge is 2.65. The molecule has 1 atom stereocenters. The molecule has 148 valence electrons. The summed E-state index contributed by atoms with van der Waals surface area (Å²) in [6, 6.07) is 7.12. The van der Waals surface area contributed by atoms with Gasteiger partial charge < -0.3 is 4.74 Å². The van der Waals surface area contributed by atoms with Gasteiger partial charge in [0.15, 0.2) is 17.3 Å². The number of hydrogen-bond donors (Lipinski definition) is 0. The first kappa shape index (κ1) is 19.4. The smallest absolute Gasteiger partial charge is 0.235 e. The minimum Gasteiger partial charge on any atom is -0.474 e. The van der Waals surface area contributed by atoms with Crippen LogP contribution in [0.1, 0.15) is 64.9 Å². The Bertz CT molecular complexity index is 918. The third-order valence-corrected chi connectivity index (χ3v) is 6.53. The fourth-order valence-corrected chi connectivity index (χ4v) is 5.26. The van der Waals surface area contributed by atoms with Crippen molar-refractivity contribution < 1.29 is 19.1 Å². The summed E-state index contributed by atoms with van der Waals surface area (Å²) in [5.74, 6) is -0.834. The molecule has 1 fully saturated rings. The van der Waals surface area contributed by atoms with Crippen molar-refractivity contribution in [3.63, 3.8) is 0 Å². The predicted molar refractivity (Wildman–Crippen MR) is 106 cm³/mol. The van der Waals surface area contributed by atoms with Crippen molar-refractivity contribution in [2.45, 2.75) is 64.9 Å². The monoisotopic (exact) mass is 400 g/mol. The molecule has 0 aromatic heterocycles. The Balaban J connectivity index is 1.94. The van der Waals surface area contributed by atoms with Crippen LogP contribution in [-0.2, 0) is 19.1 Å². The number of allylic oxidation sites excluding steroid dienone is 1. The summed E-state index contributed by atoms with van der Waals surface area (Å²) in [7, 11) is 0. The van der Waals surface area contributed by atoms with E-state index in [0.29, 0.717) is 34.8 Å². The van der Waals surface area contributed by atoms with E-state index in [9.17, 15) is 14.4 Å². The molecule has 2 aliphatic carbocycles. The highest BCUT2D eigenvalue weighted by Crippen LogP contribution is 2.57. The number of rotatable bonds is 1. The molecule has 1 aromatic carbocycles. The average molecular weight is 401 g/mol. The molecule has 4 rings (SSSR count). The maximum Gasteiger partial charge on any atom is 0.235 e. The molecule has 28 heavy (non-hydrogen) atoms. The highest BCUT2D eigenvalue weighted by molar-refractivity contribution is 6.32. The molecule has 1 aromatic rings. The molecule has 0 saturated heterocycles. The second-order valence-corrected chi connectivity index (χ2v) is 10.3. The van der Waals surface area contributed by atoms with Gasteiger partial charge in [0.1, 0.15) is 5.76 Å². The molecule has 0 N–H and O–H groups in total. The van der Waals surface area contributed by atoms with E-state index in [2.05, 4.69) is 0 Å². The highest BCUT2D eigenvalue weighted by atomic mass is 35.5. The summed E-state index contributed by atoms with van der Waals surface area (Å²) >= 11 is 6.48. The summed E-state index contributed by atoms with van der Waals surface area (Å²) in [4.78, 5) is 40.0. The van der Waals surface area contributed by atoms with Crippen molar-refractivity contribution in [2.75, 3.05) is 0 Å². The van der Waals surface area contributed by atoms with Crippen LogP contribution in [0.4, 0.5) is 0 Å². The number of carbonyl (C=O) groups is 3. The molecule has 1 saturated carbocycles. The zero-order valence-corrected chi connectivity index (χ0v) is 17.5. The minimum absolute atomic E-state index is 0.0570. The Kier molecular flexibility index (Phi) is 4.17. The van der Waals surface area contributed by atoms with Crippen LogP contribution in [0.15, 0.2) is 35.6 Å². The number of ether oxygens (including phenoxy) is 1. The van der Waals surface area contributed by atoms with Gasteiger partial charge in [-0.05, 0) is 22.5 Å². The first-order chi connectivity index (χ1) is 13.0. The molecule has 3 aliphatic rings. The van der Waals surface area contributed by atoms with E-state index >= 15 is 0 Å². The molecule has 0 amide bonds. The van der Waals surface area contributed by atoms with Crippen LogP contribution in [0.2, 0.25) is 5.02 Å². The van der Waals surface area contributed by atoms with Crippen molar-refractivity contribution in [3.05, 3.63) is 46.2 Å². The second-order valence-electron chi connectivity index (χ2n) is 9.93. The summed E-state index contributed by atoms with van der Waals surface area (Å²) in [5.41, 5.74) is -1.27. The Morgan fingerprint density at radius 2 is 1.46 bits per heavy atom. The Morgan fingerprint density at radius 1 is 0.893 bits per heavy atom. The van der Waals surface area contributed by atoms with Crippen LogP contribution in [0.5, 0.6) is 0 Å². The van der Waals surface area contributed by atoms with Gasteiger partial charge in [0.2, 0.25) is 5.60 Å². The number of carbonyl (C=O) groups excluding carboxylic acids is 3. The van der Waals surface area contributed by atoms with Gasteiger partial charge in [-0.25, -0.2) is 0 Å². The SMILES string of the molecule is CC1(C)CC(=O)C2(OC3=C(C(=O)CC(C)(C)C3)C2c2ccccc2Cl)C(=O)C1. The van der Waals surface area contributed by atoms with Crippen molar-refractivity contribution in [1.29, 1.82) is 0 Å². The van der Waals surface area contributed by atoms with E-state index in [1.165, 1.54) is 0 Å². The van der Waals surface area contributed by atoms with Crippen LogP contribution in [0.25, 0.3) is 0 Å². The van der Waals surface area contributed by atoms with Crippen LogP contribution in [0, 0.1) is 10.8 Å². The number of ketones is 3. The van der Waals surface area contributed by atoms with E-state index < -0.39 is 16.9 Å². The Labute approximate surface area is 170 Å². The third kappa shape index (κ3) is 2.76. The van der Waals surface area contributed by atoms with E-state index in [4.69, 9.17) is 16.3 Å². The second kappa shape index (κ2) is 6.03. The maximum absolute atomic E-state index is 13.4. The maximum atomic E-state index is 13.4. The van der Waals surface area contributed by atoms with Crippen molar-refractivity contribution in [2.24, 2.45) is 10.8 Å². The average Bonchev–Trinajstić information content (AvgIpc) is 2.88. The lowest BCUT2D eigenvalue weighted by Gasteiger charge is -2.41. The zero-order valence-electron chi connectivity index (χ0n) is 16.7. The van der Waals surface area contributed by atoms with Gasteiger partial charge in [0.05, 0.1) is 5.92 Å². The molecule has 0 radical (unpaired) electrons. The zero-order chi connectivity index (χ0) is 20.5. The third-order valence-electron chi connectivity index (χ3n) is 6.18. The molecule has 5 heteroatoms. The van der Waals surface area contributed by atoms with Crippen molar-refractivity contribution in [1.82, 2.24) is 0 Å². The predicted octanol–water partition coefficient (Wildman–Crippen LogP) is 4.79. The van der Waals surface area contributed by atoms with E-state index in [-0.39, 0.29) is 35.6 Å². The molecular weight excluding hydrogens is 376 g/mol. The molecule has 4 nitrogen and oxygen atoms in total. The summed E-state index contributed by atoms with van der Waals surface area (Å²) < 4.78 is 6.24. The van der Waals surface area contributed by atoms with Crippen molar-refractivity contribution >= 4 is 29.0 Å². The number of benzene rings is 1. The lowest BCUT2D eigenvalue weighted by Crippen LogP contribution is -2.57. The number of hydrogen-bond acceptors (Lipinski definition) is 4. The fraction of sp³-hybridized carbons (Fsp3) is 0.522. The first-order valence-electron chi connectivity index (χ1n) is 9.73. The van der Waals surface area contributed by atoms with E-state index in [1.54, 1.807) is 18.2 Å². The Hall–Kier alpha value is -1.94. The van der Waals surface area contributed by atoms with Gasteiger partial charge in [-0.15, -0.1) is 0 Å². The van der Waals surface area contributed by atoms with Gasteiger partial charge in [0.25, 0.3) is 0 Å². The quantitative estimate of drug-likeness (QED) is 0.635. The lowest BCUT2D eigenvalue weighted by molar-refractivity contribution is -0.160. The summed E-state index contributed by atoms with van der Waals surface area (Å²) in [5, 5.41) is 0.437. The van der Waals surface area contributed by atoms with Gasteiger partial charge in [-0.1, -0.05) is 57.5 Å². The van der Waals surface area contributed by atoms with Gasteiger partial charge in [0, 0.05) is 36.3 Å².